The third-order valence-corrected chi connectivity index (χ3v) is 11.9. The van der Waals surface area contributed by atoms with Crippen molar-refractivity contribution in [3.8, 4) is 33.4 Å². The van der Waals surface area contributed by atoms with Crippen LogP contribution in [-0.2, 0) is 0 Å². The Balaban J connectivity index is 0.997. The van der Waals surface area contributed by atoms with E-state index in [1.807, 2.05) is 12.1 Å². The van der Waals surface area contributed by atoms with Gasteiger partial charge in [0, 0.05) is 49.9 Å². The van der Waals surface area contributed by atoms with Crippen molar-refractivity contribution < 1.29 is 8.83 Å². The fourth-order valence-corrected chi connectivity index (χ4v) is 9.01. The van der Waals surface area contributed by atoms with Crippen LogP contribution in [0.2, 0.25) is 0 Å². The van der Waals surface area contributed by atoms with Crippen LogP contribution in [0.15, 0.2) is 221 Å². The Kier molecular flexibility index (Phi) is 7.54. The number of para-hydroxylation sites is 2. The molecular formula is C56H35NO2. The van der Waals surface area contributed by atoms with Gasteiger partial charge in [0.05, 0.1) is 5.69 Å². The predicted molar refractivity (Wildman–Crippen MR) is 247 cm³/mol. The third-order valence-electron chi connectivity index (χ3n) is 11.9. The number of hydrogen-bond acceptors (Lipinski definition) is 3. The SMILES string of the molecule is c1cc(-c2ccc(N(c3ccc4c(c3)oc3ccccc34)c3ccccc3-c3ccc4oc5c6ccccc6ccc5c4c3)cc2)cc(-c2cccc3ccccc23)c1. The molecule has 0 N–H and O–H groups in total. The second-order valence-corrected chi connectivity index (χ2v) is 15.3. The van der Waals surface area contributed by atoms with Crippen molar-refractivity contribution in [2.75, 3.05) is 4.90 Å². The van der Waals surface area contributed by atoms with Gasteiger partial charge in [-0.05, 0) is 105 Å². The van der Waals surface area contributed by atoms with Crippen molar-refractivity contribution in [1.82, 2.24) is 0 Å². The molecule has 12 rings (SSSR count). The zero-order valence-electron chi connectivity index (χ0n) is 32.0. The smallest absolute Gasteiger partial charge is 0.143 e. The highest BCUT2D eigenvalue weighted by Crippen LogP contribution is 2.45. The van der Waals surface area contributed by atoms with Crippen molar-refractivity contribution in [2.24, 2.45) is 0 Å². The summed E-state index contributed by atoms with van der Waals surface area (Å²) in [6.45, 7) is 0. The second-order valence-electron chi connectivity index (χ2n) is 15.3. The number of hydrogen-bond donors (Lipinski definition) is 0. The van der Waals surface area contributed by atoms with E-state index in [4.69, 9.17) is 8.83 Å². The van der Waals surface area contributed by atoms with Crippen molar-refractivity contribution >= 4 is 82.5 Å². The Hall–Kier alpha value is -7.88. The van der Waals surface area contributed by atoms with E-state index < -0.39 is 0 Å². The van der Waals surface area contributed by atoms with Crippen molar-refractivity contribution in [3.05, 3.63) is 212 Å². The summed E-state index contributed by atoms with van der Waals surface area (Å²) in [6, 6.07) is 75.8. The number of rotatable bonds is 6. The molecule has 0 amide bonds. The minimum Gasteiger partial charge on any atom is -0.456 e. The molecule has 0 atom stereocenters. The highest BCUT2D eigenvalue weighted by atomic mass is 16.3. The molecule has 0 aliphatic heterocycles. The molecule has 0 spiro atoms. The van der Waals surface area contributed by atoms with Crippen LogP contribution in [0.4, 0.5) is 17.1 Å². The molecule has 3 heteroatoms. The van der Waals surface area contributed by atoms with Gasteiger partial charge in [-0.3, -0.25) is 0 Å². The summed E-state index contributed by atoms with van der Waals surface area (Å²) in [5.74, 6) is 0. The number of anilines is 3. The zero-order valence-corrected chi connectivity index (χ0v) is 32.0. The van der Waals surface area contributed by atoms with E-state index in [1.165, 1.54) is 32.8 Å². The molecule has 3 nitrogen and oxygen atoms in total. The molecule has 0 bridgehead atoms. The molecule has 0 aliphatic rings. The van der Waals surface area contributed by atoms with Gasteiger partial charge < -0.3 is 13.7 Å². The van der Waals surface area contributed by atoms with Gasteiger partial charge in [-0.15, -0.1) is 0 Å². The minimum atomic E-state index is 0.853. The average molecular weight is 754 g/mol. The number of nitrogens with zero attached hydrogens (tertiary/aromatic N) is 1. The summed E-state index contributed by atoms with van der Waals surface area (Å²) in [5, 5.41) is 9.23. The maximum Gasteiger partial charge on any atom is 0.143 e. The quantitative estimate of drug-likeness (QED) is 0.169. The van der Waals surface area contributed by atoms with E-state index >= 15 is 0 Å². The van der Waals surface area contributed by atoms with E-state index in [2.05, 4.69) is 205 Å². The van der Waals surface area contributed by atoms with Gasteiger partial charge >= 0.3 is 0 Å². The van der Waals surface area contributed by atoms with Gasteiger partial charge in [0.15, 0.2) is 0 Å². The lowest BCUT2D eigenvalue weighted by Gasteiger charge is -2.28. The van der Waals surface area contributed by atoms with Crippen LogP contribution >= 0.6 is 0 Å². The van der Waals surface area contributed by atoms with Gasteiger partial charge in [0.2, 0.25) is 0 Å². The van der Waals surface area contributed by atoms with E-state index in [-0.39, 0.29) is 0 Å². The summed E-state index contributed by atoms with van der Waals surface area (Å²) in [7, 11) is 0. The Labute approximate surface area is 340 Å². The fraction of sp³-hybridized carbons (Fsp3) is 0. The molecule has 0 saturated heterocycles. The summed E-state index contributed by atoms with van der Waals surface area (Å²) < 4.78 is 13.0. The average Bonchev–Trinajstić information content (AvgIpc) is 3.87. The number of furan rings is 2. The van der Waals surface area contributed by atoms with E-state index in [0.717, 1.165) is 83.0 Å². The van der Waals surface area contributed by atoms with Gasteiger partial charge in [-0.1, -0.05) is 146 Å². The van der Waals surface area contributed by atoms with Crippen molar-refractivity contribution in [3.63, 3.8) is 0 Å². The van der Waals surface area contributed by atoms with Gasteiger partial charge in [0.25, 0.3) is 0 Å². The first kappa shape index (κ1) is 33.3. The van der Waals surface area contributed by atoms with E-state index in [0.29, 0.717) is 0 Å². The van der Waals surface area contributed by atoms with Crippen LogP contribution in [-0.4, -0.2) is 0 Å². The Morgan fingerprint density at radius 1 is 0.288 bits per heavy atom. The van der Waals surface area contributed by atoms with Gasteiger partial charge in [0.1, 0.15) is 22.3 Å². The van der Waals surface area contributed by atoms with Crippen LogP contribution in [0.3, 0.4) is 0 Å². The summed E-state index contributed by atoms with van der Waals surface area (Å²) >= 11 is 0. The molecule has 59 heavy (non-hydrogen) atoms. The summed E-state index contributed by atoms with van der Waals surface area (Å²) in [5.41, 5.74) is 13.6. The maximum absolute atomic E-state index is 6.52. The predicted octanol–water partition coefficient (Wildman–Crippen LogP) is 16.3. The molecule has 2 aromatic heterocycles. The van der Waals surface area contributed by atoms with E-state index in [9.17, 15) is 0 Å². The molecule has 0 radical (unpaired) electrons. The fourth-order valence-electron chi connectivity index (χ4n) is 9.01. The molecular weight excluding hydrogens is 719 g/mol. The molecule has 12 aromatic rings. The highest BCUT2D eigenvalue weighted by molar-refractivity contribution is 6.16. The number of benzene rings is 10. The lowest BCUT2D eigenvalue weighted by Crippen LogP contribution is -2.11. The molecule has 276 valence electrons. The first-order valence-corrected chi connectivity index (χ1v) is 20.1. The van der Waals surface area contributed by atoms with Crippen LogP contribution in [0.1, 0.15) is 0 Å². The third kappa shape index (κ3) is 5.51. The van der Waals surface area contributed by atoms with Crippen molar-refractivity contribution in [1.29, 1.82) is 0 Å². The van der Waals surface area contributed by atoms with E-state index in [1.54, 1.807) is 0 Å². The molecule has 2 heterocycles. The standard InChI is InChI=1S/C56H35NO2/c1-3-16-44-37(11-1)13-10-20-45(44)40-15-9-14-39(33-40)36-23-27-42(28-24-36)57(43-29-31-49-48-19-6-8-22-53(48)58-55(49)35-43)52-21-7-5-17-46(52)41-26-32-54-51(34-41)50-30-25-38-12-2-4-18-47(38)56(50)59-54/h1-35H. The highest BCUT2D eigenvalue weighted by Gasteiger charge is 2.20. The van der Waals surface area contributed by atoms with Crippen molar-refractivity contribution in [2.45, 2.75) is 0 Å². The minimum absolute atomic E-state index is 0.853. The molecule has 10 aromatic carbocycles. The second kappa shape index (κ2) is 13.4. The normalized spacial score (nSPS) is 11.7. The summed E-state index contributed by atoms with van der Waals surface area (Å²) in [6.07, 6.45) is 0. The molecule has 0 fully saturated rings. The molecule has 0 saturated carbocycles. The topological polar surface area (TPSA) is 29.5 Å². The first-order chi connectivity index (χ1) is 29.2. The lowest BCUT2D eigenvalue weighted by molar-refractivity contribution is 0.669. The maximum atomic E-state index is 6.52. The van der Waals surface area contributed by atoms with Crippen LogP contribution < -0.4 is 4.90 Å². The zero-order chi connectivity index (χ0) is 38.9. The van der Waals surface area contributed by atoms with Gasteiger partial charge in [-0.2, -0.15) is 0 Å². The molecule has 0 unspecified atom stereocenters. The van der Waals surface area contributed by atoms with Crippen LogP contribution in [0.5, 0.6) is 0 Å². The molecule has 0 aliphatic carbocycles. The Morgan fingerprint density at radius 3 is 1.80 bits per heavy atom. The lowest BCUT2D eigenvalue weighted by atomic mass is 9.95. The first-order valence-electron chi connectivity index (χ1n) is 20.1. The Bertz CT molecular complexity index is 3570. The monoisotopic (exact) mass is 753 g/mol. The Morgan fingerprint density at radius 2 is 0.898 bits per heavy atom. The number of fused-ring (bicyclic) bond motifs is 9. The largest absolute Gasteiger partial charge is 0.456 e. The van der Waals surface area contributed by atoms with Crippen LogP contribution in [0, 0.1) is 0 Å². The van der Waals surface area contributed by atoms with Crippen LogP contribution in [0.25, 0.3) is 98.8 Å². The summed E-state index contributed by atoms with van der Waals surface area (Å²) in [4.78, 5) is 2.35. The van der Waals surface area contributed by atoms with Gasteiger partial charge in [-0.25, -0.2) is 0 Å².